The average molecular weight is 488 g/mol. The second kappa shape index (κ2) is 10.3. The van der Waals surface area contributed by atoms with Crippen molar-refractivity contribution in [2.45, 2.75) is 57.9 Å². The summed E-state index contributed by atoms with van der Waals surface area (Å²) >= 11 is 0. The monoisotopic (exact) mass is 487 g/mol. The van der Waals surface area contributed by atoms with E-state index in [-0.39, 0.29) is 23.6 Å². The molecule has 0 atom stereocenters. The average Bonchev–Trinajstić information content (AvgIpc) is 3.40. The van der Waals surface area contributed by atoms with Crippen LogP contribution < -0.4 is 5.32 Å². The zero-order valence-electron chi connectivity index (χ0n) is 21.5. The first kappa shape index (κ1) is 24.9. The molecule has 0 saturated carbocycles. The van der Waals surface area contributed by atoms with E-state index >= 15 is 0 Å². The van der Waals surface area contributed by atoms with E-state index < -0.39 is 0 Å². The Bertz CT molecular complexity index is 1180. The molecule has 7 nitrogen and oxygen atoms in total. The molecule has 1 aromatic carbocycles. The number of allylic oxidation sites excluding steroid dienone is 2. The molecule has 36 heavy (non-hydrogen) atoms. The summed E-state index contributed by atoms with van der Waals surface area (Å²) in [7, 11) is 0. The number of H-pyrrole nitrogens is 1. The second-order valence-corrected chi connectivity index (χ2v) is 11.2. The molecular formula is C29H37N5O2. The predicted molar refractivity (Wildman–Crippen MR) is 140 cm³/mol. The fourth-order valence-corrected chi connectivity index (χ4v) is 6.01. The van der Waals surface area contributed by atoms with Crippen LogP contribution in [0.25, 0.3) is 5.57 Å². The van der Waals surface area contributed by atoms with Gasteiger partial charge < -0.3 is 15.0 Å². The Kier molecular flexibility index (Phi) is 7.11. The zero-order chi connectivity index (χ0) is 25.2. The van der Waals surface area contributed by atoms with Crippen LogP contribution in [0.4, 0.5) is 0 Å². The third-order valence-electron chi connectivity index (χ3n) is 8.32. The summed E-state index contributed by atoms with van der Waals surface area (Å²) in [6.45, 7) is 10.3. The smallest absolute Gasteiger partial charge is 0.202 e. The Morgan fingerprint density at radius 3 is 2.64 bits per heavy atom. The van der Waals surface area contributed by atoms with E-state index in [1.807, 2.05) is 6.07 Å². The van der Waals surface area contributed by atoms with Gasteiger partial charge in [0, 0.05) is 45.8 Å². The number of carbonyl (C=O) groups excluding carboxylic acids is 1. The first-order valence-electron chi connectivity index (χ1n) is 13.2. The zero-order valence-corrected chi connectivity index (χ0v) is 21.5. The number of aromatic amines is 1. The van der Waals surface area contributed by atoms with E-state index in [9.17, 15) is 4.79 Å². The van der Waals surface area contributed by atoms with Crippen LogP contribution in [-0.2, 0) is 16.7 Å². The number of rotatable bonds is 6. The van der Waals surface area contributed by atoms with Gasteiger partial charge in [0.25, 0.3) is 0 Å². The number of carbonyl (C=O) groups is 1. The Balaban J connectivity index is 1.53. The SMILES string of the molecule is CC1(C)CC=C(c2cc(C3(N4CCNCC4)CCOCC3)ccc2CC(=O)c2ncc(C#N)[nH]2)CC1. The molecule has 2 N–H and O–H groups in total. The number of ether oxygens (including phenoxy) is 1. The van der Waals surface area contributed by atoms with Crippen LogP contribution in [0.15, 0.2) is 30.5 Å². The maximum Gasteiger partial charge on any atom is 0.202 e. The van der Waals surface area contributed by atoms with Gasteiger partial charge in [0.2, 0.25) is 5.78 Å². The number of hydrogen-bond donors (Lipinski definition) is 2. The Morgan fingerprint density at radius 1 is 1.19 bits per heavy atom. The summed E-state index contributed by atoms with van der Waals surface area (Å²) in [5.41, 5.74) is 5.50. The Morgan fingerprint density at radius 2 is 1.97 bits per heavy atom. The standard InChI is InChI=1S/C29H37N5O2/c1-28(2)7-5-21(6-8-28)25-18-23(29(9-15-36-16-10-29)34-13-11-31-12-14-34)4-3-22(25)17-26(35)27-32-20-24(19-30)33-27/h3-5,18,20,31H,6-17H2,1-2H3,(H,32,33). The molecule has 0 unspecified atom stereocenters. The third kappa shape index (κ3) is 5.04. The molecule has 0 bridgehead atoms. The van der Waals surface area contributed by atoms with E-state index in [1.54, 1.807) is 0 Å². The van der Waals surface area contributed by atoms with Gasteiger partial charge in [0.15, 0.2) is 5.82 Å². The minimum Gasteiger partial charge on any atom is -0.381 e. The maximum absolute atomic E-state index is 13.1. The van der Waals surface area contributed by atoms with Crippen LogP contribution >= 0.6 is 0 Å². The molecule has 7 heteroatoms. The highest BCUT2D eigenvalue weighted by molar-refractivity contribution is 5.95. The highest BCUT2D eigenvalue weighted by Gasteiger charge is 2.41. The quantitative estimate of drug-likeness (QED) is 0.593. The molecule has 3 heterocycles. The summed E-state index contributed by atoms with van der Waals surface area (Å²) in [4.78, 5) is 22.8. The topological polar surface area (TPSA) is 94.0 Å². The predicted octanol–water partition coefficient (Wildman–Crippen LogP) is 4.21. The van der Waals surface area contributed by atoms with Gasteiger partial charge in [-0.15, -0.1) is 0 Å². The Hall–Kier alpha value is -2.79. The van der Waals surface area contributed by atoms with Gasteiger partial charge in [0.05, 0.1) is 11.7 Å². The number of nitriles is 1. The highest BCUT2D eigenvalue weighted by atomic mass is 16.5. The van der Waals surface area contributed by atoms with Crippen molar-refractivity contribution in [1.29, 1.82) is 5.26 Å². The van der Waals surface area contributed by atoms with Crippen molar-refractivity contribution in [2.75, 3.05) is 39.4 Å². The summed E-state index contributed by atoms with van der Waals surface area (Å²) in [6, 6.07) is 8.80. The lowest BCUT2D eigenvalue weighted by atomic mass is 9.74. The van der Waals surface area contributed by atoms with Crippen molar-refractivity contribution >= 4 is 11.4 Å². The molecule has 1 aromatic heterocycles. The van der Waals surface area contributed by atoms with Crippen LogP contribution in [-0.4, -0.2) is 60.0 Å². The summed E-state index contributed by atoms with van der Waals surface area (Å²) in [6.07, 6.45) is 9.24. The van der Waals surface area contributed by atoms with Crippen LogP contribution in [0.5, 0.6) is 0 Å². The van der Waals surface area contributed by atoms with Gasteiger partial charge >= 0.3 is 0 Å². The second-order valence-electron chi connectivity index (χ2n) is 11.2. The number of aromatic nitrogens is 2. The third-order valence-corrected chi connectivity index (χ3v) is 8.32. The van der Waals surface area contributed by atoms with Crippen molar-refractivity contribution in [3.8, 4) is 6.07 Å². The lowest BCUT2D eigenvalue weighted by Crippen LogP contribution is -2.56. The molecule has 2 aliphatic heterocycles. The van der Waals surface area contributed by atoms with E-state index in [2.05, 4.69) is 58.3 Å². The lowest BCUT2D eigenvalue weighted by molar-refractivity contribution is -0.0373. The molecular weight excluding hydrogens is 450 g/mol. The number of hydrogen-bond acceptors (Lipinski definition) is 6. The molecule has 2 aromatic rings. The minimum atomic E-state index is -0.0925. The van der Waals surface area contributed by atoms with Gasteiger partial charge in [0.1, 0.15) is 11.8 Å². The summed E-state index contributed by atoms with van der Waals surface area (Å²) < 4.78 is 5.81. The van der Waals surface area contributed by atoms with E-state index in [4.69, 9.17) is 10.00 Å². The normalized spacial score (nSPS) is 22.0. The lowest BCUT2D eigenvalue weighted by Gasteiger charge is -2.48. The van der Waals surface area contributed by atoms with Crippen molar-refractivity contribution < 1.29 is 9.53 Å². The largest absolute Gasteiger partial charge is 0.381 e. The van der Waals surface area contributed by atoms with Gasteiger partial charge in [-0.05, 0) is 65.8 Å². The van der Waals surface area contributed by atoms with Gasteiger partial charge in [-0.3, -0.25) is 9.69 Å². The molecule has 0 spiro atoms. The number of piperazine rings is 1. The number of benzene rings is 1. The van der Waals surface area contributed by atoms with E-state index in [1.165, 1.54) is 22.9 Å². The minimum absolute atomic E-state index is 0.0329. The molecule has 0 radical (unpaired) electrons. The number of Topliss-reactive ketones (excluding diaryl/α,β-unsaturated/α-hetero) is 1. The van der Waals surface area contributed by atoms with Crippen molar-refractivity contribution in [2.24, 2.45) is 5.41 Å². The van der Waals surface area contributed by atoms with Crippen molar-refractivity contribution in [3.05, 3.63) is 58.7 Å². The van der Waals surface area contributed by atoms with Crippen molar-refractivity contribution in [3.63, 3.8) is 0 Å². The first-order chi connectivity index (χ1) is 17.4. The number of nitrogens with zero attached hydrogens (tertiary/aromatic N) is 3. The molecule has 3 aliphatic rings. The van der Waals surface area contributed by atoms with Crippen molar-refractivity contribution in [1.82, 2.24) is 20.2 Å². The first-order valence-corrected chi connectivity index (χ1v) is 13.2. The molecule has 2 saturated heterocycles. The molecule has 1 aliphatic carbocycles. The number of ketones is 1. The van der Waals surface area contributed by atoms with Crippen LogP contribution in [0, 0.1) is 16.7 Å². The molecule has 0 amide bonds. The van der Waals surface area contributed by atoms with E-state index in [0.29, 0.717) is 11.1 Å². The molecule has 5 rings (SSSR count). The fraction of sp³-hybridized carbons (Fsp3) is 0.552. The van der Waals surface area contributed by atoms with Crippen LogP contribution in [0.2, 0.25) is 0 Å². The van der Waals surface area contributed by atoms with Gasteiger partial charge in [-0.25, -0.2) is 4.98 Å². The van der Waals surface area contributed by atoms with Gasteiger partial charge in [-0.1, -0.05) is 32.1 Å². The van der Waals surface area contributed by atoms with E-state index in [0.717, 1.165) is 77.1 Å². The summed E-state index contributed by atoms with van der Waals surface area (Å²) in [5, 5.41) is 12.6. The van der Waals surface area contributed by atoms with Gasteiger partial charge in [-0.2, -0.15) is 5.26 Å². The van der Waals surface area contributed by atoms with Crippen LogP contribution in [0.3, 0.4) is 0 Å². The Labute approximate surface area is 213 Å². The fourth-order valence-electron chi connectivity index (χ4n) is 6.01. The molecule has 190 valence electrons. The number of nitrogens with one attached hydrogen (secondary N) is 2. The highest BCUT2D eigenvalue weighted by Crippen LogP contribution is 2.43. The summed E-state index contributed by atoms with van der Waals surface area (Å²) in [5.74, 6) is 0.159. The number of imidazole rings is 1. The van der Waals surface area contributed by atoms with Crippen LogP contribution in [0.1, 0.15) is 79.0 Å². The molecule has 2 fully saturated rings. The maximum atomic E-state index is 13.1.